The van der Waals surface area contributed by atoms with Crippen molar-refractivity contribution in [1.29, 1.82) is 0 Å². The molecular formula is C16H26FNO2S. The van der Waals surface area contributed by atoms with Crippen LogP contribution < -0.4 is 0 Å². The number of rotatable bonds is 10. The summed E-state index contributed by atoms with van der Waals surface area (Å²) in [4.78, 5) is 0. The van der Waals surface area contributed by atoms with Crippen molar-refractivity contribution in [3.63, 3.8) is 0 Å². The van der Waals surface area contributed by atoms with Gasteiger partial charge in [-0.3, -0.25) is 0 Å². The zero-order valence-corrected chi connectivity index (χ0v) is 13.8. The number of hydrogen-bond donors (Lipinski definition) is 0. The fourth-order valence-corrected chi connectivity index (χ4v) is 3.77. The van der Waals surface area contributed by atoms with Gasteiger partial charge >= 0.3 is 0 Å². The Kier molecular flexibility index (Phi) is 7.89. The minimum Gasteiger partial charge on any atom is -0.212 e. The summed E-state index contributed by atoms with van der Waals surface area (Å²) >= 11 is 0. The molecule has 1 rings (SSSR count). The summed E-state index contributed by atoms with van der Waals surface area (Å²) in [5.41, 5.74) is 0.827. The Balaban J connectivity index is 2.78. The fourth-order valence-electron chi connectivity index (χ4n) is 2.10. The second kappa shape index (κ2) is 9.15. The van der Waals surface area contributed by atoms with Crippen LogP contribution in [0.4, 0.5) is 4.39 Å². The summed E-state index contributed by atoms with van der Waals surface area (Å²) in [6.07, 6.45) is 4.47. The normalized spacial score (nSPS) is 12.0. The lowest BCUT2D eigenvalue weighted by molar-refractivity contribution is 0.393. The number of nitrogens with zero attached hydrogens (tertiary/aromatic N) is 1. The molecule has 0 aliphatic carbocycles. The minimum absolute atomic E-state index is 0.191. The highest BCUT2D eigenvalue weighted by Gasteiger charge is 2.21. The van der Waals surface area contributed by atoms with Crippen LogP contribution in [0.2, 0.25) is 0 Å². The smallest absolute Gasteiger partial charge is 0.212 e. The van der Waals surface area contributed by atoms with Crippen LogP contribution in [0.3, 0.4) is 0 Å². The summed E-state index contributed by atoms with van der Waals surface area (Å²) in [5.74, 6) is -0.110. The zero-order valence-electron chi connectivity index (χ0n) is 13.0. The highest BCUT2D eigenvalue weighted by molar-refractivity contribution is 7.89. The maximum Gasteiger partial charge on any atom is 0.214 e. The number of sulfonamides is 1. The van der Waals surface area contributed by atoms with Gasteiger partial charge in [-0.25, -0.2) is 12.8 Å². The SMILES string of the molecule is CCCCCN(Cc1ccc(F)cc1)S(=O)(=O)CCCC. The molecule has 120 valence electrons. The van der Waals surface area contributed by atoms with Crippen molar-refractivity contribution in [3.05, 3.63) is 35.6 Å². The molecule has 0 bridgehead atoms. The van der Waals surface area contributed by atoms with E-state index in [-0.39, 0.29) is 11.6 Å². The molecule has 0 aromatic heterocycles. The van der Waals surface area contributed by atoms with E-state index in [1.165, 1.54) is 12.1 Å². The van der Waals surface area contributed by atoms with E-state index in [0.717, 1.165) is 31.2 Å². The van der Waals surface area contributed by atoms with Gasteiger partial charge in [-0.1, -0.05) is 45.2 Å². The van der Waals surface area contributed by atoms with E-state index in [1.54, 1.807) is 16.4 Å². The van der Waals surface area contributed by atoms with E-state index in [0.29, 0.717) is 19.5 Å². The maximum atomic E-state index is 12.9. The molecule has 1 aromatic rings. The standard InChI is InChI=1S/C16H26FNO2S/c1-3-5-7-12-18(21(19,20)13-6-4-2)14-15-8-10-16(17)11-9-15/h8-11H,3-7,12-14H2,1-2H3. The third-order valence-electron chi connectivity index (χ3n) is 3.43. The van der Waals surface area contributed by atoms with Gasteiger partial charge in [0.15, 0.2) is 0 Å². The molecule has 0 atom stereocenters. The van der Waals surface area contributed by atoms with Gasteiger partial charge in [0, 0.05) is 13.1 Å². The minimum atomic E-state index is -3.23. The molecule has 3 nitrogen and oxygen atoms in total. The largest absolute Gasteiger partial charge is 0.214 e. The van der Waals surface area contributed by atoms with Crippen LogP contribution in [0.15, 0.2) is 24.3 Å². The van der Waals surface area contributed by atoms with Crippen molar-refractivity contribution in [2.45, 2.75) is 52.5 Å². The number of hydrogen-bond acceptors (Lipinski definition) is 2. The average Bonchev–Trinajstić information content (AvgIpc) is 2.46. The van der Waals surface area contributed by atoms with E-state index in [1.807, 2.05) is 6.92 Å². The summed E-state index contributed by atoms with van der Waals surface area (Å²) in [6.45, 7) is 4.94. The first-order chi connectivity index (χ1) is 9.99. The first-order valence-electron chi connectivity index (χ1n) is 7.72. The van der Waals surface area contributed by atoms with Gasteiger partial charge in [-0.15, -0.1) is 0 Å². The maximum absolute atomic E-state index is 12.9. The fraction of sp³-hybridized carbons (Fsp3) is 0.625. The first-order valence-corrected chi connectivity index (χ1v) is 9.32. The molecule has 0 heterocycles. The van der Waals surface area contributed by atoms with Crippen molar-refractivity contribution >= 4 is 10.0 Å². The van der Waals surface area contributed by atoms with E-state index < -0.39 is 10.0 Å². The van der Waals surface area contributed by atoms with Gasteiger partial charge in [-0.05, 0) is 30.5 Å². The molecule has 0 saturated carbocycles. The van der Waals surface area contributed by atoms with Crippen LogP contribution in [-0.4, -0.2) is 25.0 Å². The highest BCUT2D eigenvalue weighted by Crippen LogP contribution is 2.14. The number of unbranched alkanes of at least 4 members (excludes halogenated alkanes) is 3. The Morgan fingerprint density at radius 1 is 1.00 bits per heavy atom. The van der Waals surface area contributed by atoms with Crippen LogP contribution in [0.25, 0.3) is 0 Å². The van der Waals surface area contributed by atoms with Crippen LogP contribution in [0, 0.1) is 5.82 Å². The van der Waals surface area contributed by atoms with Crippen LogP contribution in [0.1, 0.15) is 51.5 Å². The van der Waals surface area contributed by atoms with Gasteiger partial charge in [0.2, 0.25) is 10.0 Å². The second-order valence-electron chi connectivity index (χ2n) is 5.34. The second-order valence-corrected chi connectivity index (χ2v) is 7.43. The topological polar surface area (TPSA) is 37.4 Å². The summed E-state index contributed by atoms with van der Waals surface area (Å²) in [6, 6.07) is 6.05. The van der Waals surface area contributed by atoms with Gasteiger partial charge in [0.25, 0.3) is 0 Å². The van der Waals surface area contributed by atoms with E-state index >= 15 is 0 Å². The van der Waals surface area contributed by atoms with Crippen molar-refractivity contribution in [2.75, 3.05) is 12.3 Å². The Labute approximate surface area is 128 Å². The van der Waals surface area contributed by atoms with Gasteiger partial charge < -0.3 is 0 Å². The summed E-state index contributed by atoms with van der Waals surface area (Å²) in [5, 5.41) is 0. The van der Waals surface area contributed by atoms with Crippen LogP contribution >= 0.6 is 0 Å². The zero-order chi connectivity index (χ0) is 15.7. The van der Waals surface area contributed by atoms with Gasteiger partial charge in [0.1, 0.15) is 5.82 Å². The molecule has 0 amide bonds. The third-order valence-corrected chi connectivity index (χ3v) is 5.34. The van der Waals surface area contributed by atoms with Crippen LogP contribution in [-0.2, 0) is 16.6 Å². The molecule has 5 heteroatoms. The lowest BCUT2D eigenvalue weighted by Crippen LogP contribution is -2.33. The van der Waals surface area contributed by atoms with Crippen LogP contribution in [0.5, 0.6) is 0 Å². The molecule has 0 N–H and O–H groups in total. The first kappa shape index (κ1) is 18.1. The van der Waals surface area contributed by atoms with Gasteiger partial charge in [-0.2, -0.15) is 4.31 Å². The number of halogens is 1. The van der Waals surface area contributed by atoms with Crippen molar-refractivity contribution in [2.24, 2.45) is 0 Å². The lowest BCUT2D eigenvalue weighted by atomic mass is 10.2. The monoisotopic (exact) mass is 315 g/mol. The summed E-state index contributed by atoms with van der Waals surface area (Å²) < 4.78 is 39.3. The van der Waals surface area contributed by atoms with E-state index in [2.05, 4.69) is 6.92 Å². The molecule has 0 spiro atoms. The molecule has 0 radical (unpaired) electrons. The van der Waals surface area contributed by atoms with Crippen molar-refractivity contribution in [3.8, 4) is 0 Å². The predicted molar refractivity (Wildman–Crippen MR) is 85.0 cm³/mol. The Morgan fingerprint density at radius 3 is 2.19 bits per heavy atom. The third kappa shape index (κ3) is 6.57. The molecule has 0 unspecified atom stereocenters. The lowest BCUT2D eigenvalue weighted by Gasteiger charge is -2.22. The van der Waals surface area contributed by atoms with E-state index in [9.17, 15) is 12.8 Å². The Hall–Kier alpha value is -0.940. The molecule has 0 saturated heterocycles. The molecule has 0 aliphatic rings. The quantitative estimate of drug-likeness (QED) is 0.613. The Morgan fingerprint density at radius 2 is 1.62 bits per heavy atom. The van der Waals surface area contributed by atoms with Crippen molar-refractivity contribution in [1.82, 2.24) is 4.31 Å². The predicted octanol–water partition coefficient (Wildman–Crippen LogP) is 3.95. The van der Waals surface area contributed by atoms with Gasteiger partial charge in [0.05, 0.1) is 5.75 Å². The average molecular weight is 315 g/mol. The molecule has 1 aromatic carbocycles. The summed E-state index contributed by atoms with van der Waals surface area (Å²) in [7, 11) is -3.23. The molecular weight excluding hydrogens is 289 g/mol. The highest BCUT2D eigenvalue weighted by atomic mass is 32.2. The molecule has 0 fully saturated rings. The van der Waals surface area contributed by atoms with E-state index in [4.69, 9.17) is 0 Å². The Bertz CT molecular complexity index is 500. The van der Waals surface area contributed by atoms with Crippen molar-refractivity contribution < 1.29 is 12.8 Å². The molecule has 0 aliphatic heterocycles. The molecule has 21 heavy (non-hydrogen) atoms. The number of benzene rings is 1.